The van der Waals surface area contributed by atoms with Gasteiger partial charge < -0.3 is 14.4 Å². The lowest BCUT2D eigenvalue weighted by Crippen LogP contribution is -2.53. The molecule has 0 saturated carbocycles. The number of fused-ring (bicyclic) bond motifs is 2. The van der Waals surface area contributed by atoms with Crippen molar-refractivity contribution in [2.45, 2.75) is 25.8 Å². The fourth-order valence-electron chi connectivity index (χ4n) is 3.72. The molecule has 2 atom stereocenters. The second-order valence-corrected chi connectivity index (χ2v) is 6.43. The Labute approximate surface area is 129 Å². The van der Waals surface area contributed by atoms with E-state index in [-0.39, 0.29) is 18.7 Å². The van der Waals surface area contributed by atoms with Gasteiger partial charge >= 0.3 is 5.97 Å². The van der Waals surface area contributed by atoms with Gasteiger partial charge in [-0.05, 0) is 30.4 Å². The minimum Gasteiger partial charge on any atom is -0.481 e. The Morgan fingerprint density at radius 1 is 1.18 bits per heavy atom. The van der Waals surface area contributed by atoms with Crippen LogP contribution in [0.25, 0.3) is 0 Å². The second-order valence-electron chi connectivity index (χ2n) is 6.43. The average molecular weight is 306 g/mol. The molecule has 6 nitrogen and oxygen atoms in total. The van der Waals surface area contributed by atoms with Crippen LogP contribution in [-0.2, 0) is 16.1 Å². The highest BCUT2D eigenvalue weighted by molar-refractivity contribution is 5.80. The highest BCUT2D eigenvalue weighted by atomic mass is 16.4. The minimum atomic E-state index is -0.907. The highest BCUT2D eigenvalue weighted by Crippen LogP contribution is 2.29. The molecule has 2 aliphatic rings. The summed E-state index contributed by atoms with van der Waals surface area (Å²) in [6, 6.07) is 3.90. The van der Waals surface area contributed by atoms with Crippen LogP contribution >= 0.6 is 0 Å². The summed E-state index contributed by atoms with van der Waals surface area (Å²) in [6.45, 7) is 4.28. The van der Waals surface area contributed by atoms with Gasteiger partial charge in [0.25, 0.3) is 0 Å². The van der Waals surface area contributed by atoms with Crippen molar-refractivity contribution >= 4 is 11.9 Å². The van der Waals surface area contributed by atoms with E-state index in [1.807, 2.05) is 17.0 Å². The number of piperidine rings is 2. The molecule has 0 spiro atoms. The summed E-state index contributed by atoms with van der Waals surface area (Å²) < 4.78 is 5.41. The SMILES string of the molecule is O=C(O)CCC(=O)N1C[C@@H]2C[C@@H](CN(Cc3ccco3)C2)C1. The van der Waals surface area contributed by atoms with Crippen LogP contribution in [-0.4, -0.2) is 53.0 Å². The molecular formula is C16H22N2O4. The molecule has 2 saturated heterocycles. The van der Waals surface area contributed by atoms with E-state index in [1.54, 1.807) is 6.26 Å². The zero-order valence-electron chi connectivity index (χ0n) is 12.6. The molecule has 6 heteroatoms. The molecule has 2 aliphatic heterocycles. The number of carbonyl (C=O) groups is 2. The van der Waals surface area contributed by atoms with Crippen LogP contribution in [0.4, 0.5) is 0 Å². The van der Waals surface area contributed by atoms with Crippen molar-refractivity contribution in [1.82, 2.24) is 9.80 Å². The molecule has 0 aromatic carbocycles. The van der Waals surface area contributed by atoms with Crippen molar-refractivity contribution in [2.75, 3.05) is 26.2 Å². The van der Waals surface area contributed by atoms with Crippen LogP contribution in [0.5, 0.6) is 0 Å². The summed E-state index contributed by atoms with van der Waals surface area (Å²) in [5, 5.41) is 8.69. The van der Waals surface area contributed by atoms with Gasteiger partial charge in [0.05, 0.1) is 19.2 Å². The first-order chi connectivity index (χ1) is 10.6. The molecule has 3 rings (SSSR count). The number of carbonyl (C=O) groups excluding carboxylic acids is 1. The van der Waals surface area contributed by atoms with E-state index >= 15 is 0 Å². The lowest BCUT2D eigenvalue weighted by Gasteiger charge is -2.45. The van der Waals surface area contributed by atoms with Gasteiger partial charge in [0.15, 0.2) is 0 Å². The Kier molecular flexibility index (Phi) is 4.47. The molecule has 0 unspecified atom stereocenters. The smallest absolute Gasteiger partial charge is 0.303 e. The first-order valence-corrected chi connectivity index (χ1v) is 7.84. The molecule has 1 N–H and O–H groups in total. The molecule has 1 aromatic rings. The van der Waals surface area contributed by atoms with Crippen LogP contribution in [0, 0.1) is 11.8 Å². The van der Waals surface area contributed by atoms with Gasteiger partial charge in [-0.15, -0.1) is 0 Å². The van der Waals surface area contributed by atoms with Gasteiger partial charge in [0.1, 0.15) is 5.76 Å². The van der Waals surface area contributed by atoms with Gasteiger partial charge in [0.2, 0.25) is 5.91 Å². The third kappa shape index (κ3) is 3.68. The number of carboxylic acid groups (broad SMARTS) is 1. The summed E-state index contributed by atoms with van der Waals surface area (Å²) in [5.74, 6) is 1.02. The maximum atomic E-state index is 12.1. The molecule has 0 aliphatic carbocycles. The lowest BCUT2D eigenvalue weighted by molar-refractivity contribution is -0.142. The monoisotopic (exact) mass is 306 g/mol. The number of rotatable bonds is 5. The molecule has 3 heterocycles. The van der Waals surface area contributed by atoms with E-state index in [4.69, 9.17) is 9.52 Å². The minimum absolute atomic E-state index is 0.0171. The van der Waals surface area contributed by atoms with Crippen LogP contribution in [0.2, 0.25) is 0 Å². The second kappa shape index (κ2) is 6.52. The summed E-state index contributed by atoms with van der Waals surface area (Å²) in [5.41, 5.74) is 0. The molecular weight excluding hydrogens is 284 g/mol. The van der Waals surface area contributed by atoms with Crippen LogP contribution < -0.4 is 0 Å². The van der Waals surface area contributed by atoms with E-state index in [0.29, 0.717) is 11.8 Å². The van der Waals surface area contributed by atoms with Crippen LogP contribution in [0.3, 0.4) is 0 Å². The van der Waals surface area contributed by atoms with Gasteiger partial charge in [-0.2, -0.15) is 0 Å². The zero-order valence-corrected chi connectivity index (χ0v) is 12.6. The van der Waals surface area contributed by atoms with Crippen molar-refractivity contribution in [3.8, 4) is 0 Å². The maximum Gasteiger partial charge on any atom is 0.303 e. The van der Waals surface area contributed by atoms with Crippen molar-refractivity contribution in [3.63, 3.8) is 0 Å². The van der Waals surface area contributed by atoms with Gasteiger partial charge in [-0.25, -0.2) is 0 Å². The van der Waals surface area contributed by atoms with Crippen LogP contribution in [0.1, 0.15) is 25.0 Å². The third-order valence-corrected chi connectivity index (χ3v) is 4.52. The summed E-state index contributed by atoms with van der Waals surface area (Å²) >= 11 is 0. The topological polar surface area (TPSA) is 74.0 Å². The fraction of sp³-hybridized carbons (Fsp3) is 0.625. The number of carboxylic acids is 1. The van der Waals surface area contributed by atoms with Crippen molar-refractivity contribution in [1.29, 1.82) is 0 Å². The molecule has 2 bridgehead atoms. The normalized spacial score (nSPS) is 25.2. The molecule has 2 fully saturated rings. The van der Waals surface area contributed by atoms with Gasteiger partial charge in [0, 0.05) is 32.6 Å². The Hall–Kier alpha value is -1.82. The number of furan rings is 1. The van der Waals surface area contributed by atoms with Crippen LogP contribution in [0.15, 0.2) is 22.8 Å². The Bertz CT molecular complexity index is 514. The molecule has 0 radical (unpaired) electrons. The number of nitrogens with zero attached hydrogens (tertiary/aromatic N) is 2. The van der Waals surface area contributed by atoms with Gasteiger partial charge in [-0.3, -0.25) is 14.5 Å². The van der Waals surface area contributed by atoms with Crippen molar-refractivity contribution in [3.05, 3.63) is 24.2 Å². The van der Waals surface area contributed by atoms with E-state index < -0.39 is 5.97 Å². The van der Waals surface area contributed by atoms with Crippen molar-refractivity contribution in [2.24, 2.45) is 11.8 Å². The number of hydrogen-bond acceptors (Lipinski definition) is 4. The van der Waals surface area contributed by atoms with E-state index in [9.17, 15) is 9.59 Å². The maximum absolute atomic E-state index is 12.1. The van der Waals surface area contributed by atoms with E-state index in [0.717, 1.165) is 44.9 Å². The number of likely N-dealkylation sites (tertiary alicyclic amines) is 2. The predicted molar refractivity (Wildman–Crippen MR) is 79.0 cm³/mol. The summed E-state index contributed by atoms with van der Waals surface area (Å²) in [6.07, 6.45) is 2.90. The zero-order chi connectivity index (χ0) is 15.5. The van der Waals surface area contributed by atoms with Gasteiger partial charge in [-0.1, -0.05) is 0 Å². The highest BCUT2D eigenvalue weighted by Gasteiger charge is 2.35. The standard InChI is InChI=1S/C16H22N2O4/c19-15(3-4-16(20)21)18-9-12-6-13(10-18)8-17(7-12)11-14-2-1-5-22-14/h1-2,5,12-13H,3-4,6-11H2,(H,20,21)/t12-,13+. The molecule has 1 amide bonds. The molecule has 120 valence electrons. The average Bonchev–Trinajstić information content (AvgIpc) is 2.96. The number of aliphatic carboxylic acids is 1. The first kappa shape index (κ1) is 15.1. The summed E-state index contributed by atoms with van der Waals surface area (Å²) in [4.78, 5) is 27.0. The summed E-state index contributed by atoms with van der Waals surface area (Å²) in [7, 11) is 0. The van der Waals surface area contributed by atoms with E-state index in [1.165, 1.54) is 0 Å². The Balaban J connectivity index is 1.53. The molecule has 1 aromatic heterocycles. The predicted octanol–water partition coefficient (Wildman–Crippen LogP) is 1.42. The quantitative estimate of drug-likeness (QED) is 0.890. The number of amides is 1. The first-order valence-electron chi connectivity index (χ1n) is 7.84. The molecule has 22 heavy (non-hydrogen) atoms. The largest absolute Gasteiger partial charge is 0.481 e. The third-order valence-electron chi connectivity index (χ3n) is 4.52. The van der Waals surface area contributed by atoms with E-state index in [2.05, 4.69) is 4.90 Å². The number of hydrogen-bond donors (Lipinski definition) is 1. The van der Waals surface area contributed by atoms with Crippen molar-refractivity contribution < 1.29 is 19.1 Å². The Morgan fingerprint density at radius 3 is 2.50 bits per heavy atom. The lowest BCUT2D eigenvalue weighted by atomic mass is 9.84. The fourth-order valence-corrected chi connectivity index (χ4v) is 3.72. The Morgan fingerprint density at radius 2 is 1.91 bits per heavy atom.